The predicted molar refractivity (Wildman–Crippen MR) is 121 cm³/mol. The van der Waals surface area contributed by atoms with Gasteiger partial charge in [-0.3, -0.25) is 9.59 Å². The zero-order valence-corrected chi connectivity index (χ0v) is 18.6. The molecule has 4 nitrogen and oxygen atoms in total. The van der Waals surface area contributed by atoms with Crippen molar-refractivity contribution in [1.82, 2.24) is 10.2 Å². The molecule has 6 heteroatoms. The molecule has 2 rings (SSSR count). The fourth-order valence-corrected chi connectivity index (χ4v) is 4.06. The molecular formula is C23H29ClN2O2S. The van der Waals surface area contributed by atoms with E-state index >= 15 is 0 Å². The SMILES string of the molecule is CCNC(=O)C(CC)N(Cc1ccccc1)C(=O)CCCSc1ccc(Cl)cc1. The number of rotatable bonds is 11. The Kier molecular flexibility index (Phi) is 10.1. The second kappa shape index (κ2) is 12.6. The van der Waals surface area contributed by atoms with E-state index in [1.165, 1.54) is 0 Å². The van der Waals surface area contributed by atoms with Gasteiger partial charge in [0, 0.05) is 29.4 Å². The Morgan fingerprint density at radius 3 is 2.38 bits per heavy atom. The van der Waals surface area contributed by atoms with E-state index in [1.807, 2.05) is 68.4 Å². The van der Waals surface area contributed by atoms with Crippen LogP contribution in [-0.2, 0) is 16.1 Å². The molecule has 0 aliphatic rings. The molecule has 2 aromatic rings. The van der Waals surface area contributed by atoms with Crippen molar-refractivity contribution in [3.8, 4) is 0 Å². The minimum Gasteiger partial charge on any atom is -0.355 e. The molecule has 0 radical (unpaired) electrons. The van der Waals surface area contributed by atoms with Crippen molar-refractivity contribution in [3.63, 3.8) is 0 Å². The summed E-state index contributed by atoms with van der Waals surface area (Å²) in [6.07, 6.45) is 1.76. The van der Waals surface area contributed by atoms with Crippen molar-refractivity contribution < 1.29 is 9.59 Å². The lowest BCUT2D eigenvalue weighted by Gasteiger charge is -2.30. The van der Waals surface area contributed by atoms with E-state index in [2.05, 4.69) is 5.32 Å². The molecule has 1 unspecified atom stereocenters. The van der Waals surface area contributed by atoms with Crippen LogP contribution in [0.15, 0.2) is 59.5 Å². The van der Waals surface area contributed by atoms with Crippen LogP contribution < -0.4 is 5.32 Å². The van der Waals surface area contributed by atoms with Gasteiger partial charge in [-0.05, 0) is 55.3 Å². The molecule has 0 fully saturated rings. The summed E-state index contributed by atoms with van der Waals surface area (Å²) < 4.78 is 0. The van der Waals surface area contributed by atoms with E-state index in [0.717, 1.165) is 27.7 Å². The van der Waals surface area contributed by atoms with Gasteiger partial charge in [0.25, 0.3) is 0 Å². The number of hydrogen-bond acceptors (Lipinski definition) is 3. The zero-order chi connectivity index (χ0) is 21.1. The van der Waals surface area contributed by atoms with Gasteiger partial charge in [-0.15, -0.1) is 11.8 Å². The number of carbonyl (C=O) groups is 2. The van der Waals surface area contributed by atoms with Crippen LogP contribution in [0, 0.1) is 0 Å². The van der Waals surface area contributed by atoms with Crippen molar-refractivity contribution in [2.75, 3.05) is 12.3 Å². The summed E-state index contributed by atoms with van der Waals surface area (Å²) in [5.41, 5.74) is 1.03. The average molecular weight is 433 g/mol. The van der Waals surface area contributed by atoms with Crippen LogP contribution in [0.2, 0.25) is 5.02 Å². The molecule has 1 atom stereocenters. The van der Waals surface area contributed by atoms with Gasteiger partial charge in [0.2, 0.25) is 11.8 Å². The number of likely N-dealkylation sites (N-methyl/N-ethyl adjacent to an activating group) is 1. The number of carbonyl (C=O) groups excluding carboxylic acids is 2. The zero-order valence-electron chi connectivity index (χ0n) is 17.1. The normalized spacial score (nSPS) is 11.7. The Morgan fingerprint density at radius 1 is 1.07 bits per heavy atom. The second-order valence-electron chi connectivity index (χ2n) is 6.73. The maximum absolute atomic E-state index is 13.0. The molecule has 156 valence electrons. The molecule has 0 heterocycles. The predicted octanol–water partition coefficient (Wildman–Crippen LogP) is 5.16. The minimum absolute atomic E-state index is 0.0173. The molecule has 0 saturated heterocycles. The number of nitrogens with one attached hydrogen (secondary N) is 1. The summed E-state index contributed by atoms with van der Waals surface area (Å²) in [4.78, 5) is 28.4. The van der Waals surface area contributed by atoms with E-state index < -0.39 is 6.04 Å². The molecule has 0 aliphatic heterocycles. The average Bonchev–Trinajstić information content (AvgIpc) is 2.73. The van der Waals surface area contributed by atoms with Crippen molar-refractivity contribution in [3.05, 3.63) is 65.2 Å². The Morgan fingerprint density at radius 2 is 1.76 bits per heavy atom. The summed E-state index contributed by atoms with van der Waals surface area (Å²) in [6.45, 7) is 4.84. The third-order valence-corrected chi connectivity index (χ3v) is 5.90. The van der Waals surface area contributed by atoms with Crippen LogP contribution in [0.25, 0.3) is 0 Å². The van der Waals surface area contributed by atoms with Gasteiger partial charge in [-0.25, -0.2) is 0 Å². The van der Waals surface area contributed by atoms with E-state index in [0.29, 0.717) is 25.9 Å². The van der Waals surface area contributed by atoms with Crippen LogP contribution in [0.3, 0.4) is 0 Å². The Labute approximate surface area is 183 Å². The molecule has 0 saturated carbocycles. The lowest BCUT2D eigenvalue weighted by molar-refractivity contribution is -0.141. The number of amides is 2. The monoisotopic (exact) mass is 432 g/mol. The number of hydrogen-bond donors (Lipinski definition) is 1. The molecule has 29 heavy (non-hydrogen) atoms. The van der Waals surface area contributed by atoms with Crippen LogP contribution >= 0.6 is 23.4 Å². The minimum atomic E-state index is -0.452. The van der Waals surface area contributed by atoms with Gasteiger partial charge in [0.05, 0.1) is 0 Å². The number of nitrogens with zero attached hydrogens (tertiary/aromatic N) is 1. The molecule has 2 amide bonds. The van der Waals surface area contributed by atoms with E-state index in [1.54, 1.807) is 16.7 Å². The molecular weight excluding hydrogens is 404 g/mol. The van der Waals surface area contributed by atoms with Crippen LogP contribution in [0.5, 0.6) is 0 Å². The van der Waals surface area contributed by atoms with Crippen molar-refractivity contribution in [2.45, 2.75) is 50.6 Å². The Balaban J connectivity index is 1.98. The maximum Gasteiger partial charge on any atom is 0.242 e. The maximum atomic E-state index is 13.0. The van der Waals surface area contributed by atoms with Crippen LogP contribution in [-0.4, -0.2) is 35.1 Å². The highest BCUT2D eigenvalue weighted by molar-refractivity contribution is 7.99. The third-order valence-electron chi connectivity index (χ3n) is 4.55. The fraction of sp³-hybridized carbons (Fsp3) is 0.391. The quantitative estimate of drug-likeness (QED) is 0.394. The highest BCUT2D eigenvalue weighted by atomic mass is 35.5. The van der Waals surface area contributed by atoms with Gasteiger partial charge >= 0.3 is 0 Å². The summed E-state index contributed by atoms with van der Waals surface area (Å²) in [7, 11) is 0. The molecule has 0 aromatic heterocycles. The first kappa shape index (κ1) is 23.3. The van der Waals surface area contributed by atoms with E-state index in [-0.39, 0.29) is 11.8 Å². The first-order valence-corrected chi connectivity index (χ1v) is 11.4. The van der Waals surface area contributed by atoms with Gasteiger partial charge in [0.15, 0.2) is 0 Å². The van der Waals surface area contributed by atoms with E-state index in [4.69, 9.17) is 11.6 Å². The Hall–Kier alpha value is -1.98. The summed E-state index contributed by atoms with van der Waals surface area (Å²) in [5, 5.41) is 3.58. The fourth-order valence-electron chi connectivity index (χ4n) is 3.08. The highest BCUT2D eigenvalue weighted by Gasteiger charge is 2.27. The van der Waals surface area contributed by atoms with Crippen LogP contribution in [0.4, 0.5) is 0 Å². The first-order valence-electron chi connectivity index (χ1n) is 10.0. The van der Waals surface area contributed by atoms with Crippen molar-refractivity contribution in [2.24, 2.45) is 0 Å². The third kappa shape index (κ3) is 7.75. The molecule has 0 bridgehead atoms. The second-order valence-corrected chi connectivity index (χ2v) is 8.34. The first-order chi connectivity index (χ1) is 14.0. The Bertz CT molecular complexity index is 768. The van der Waals surface area contributed by atoms with Crippen molar-refractivity contribution >= 4 is 35.2 Å². The number of thioether (sulfide) groups is 1. The lowest BCUT2D eigenvalue weighted by Crippen LogP contribution is -2.49. The standard InChI is InChI=1S/C23H29ClN2O2S/c1-3-21(23(28)25-4-2)26(17-18-9-6-5-7-10-18)22(27)11-8-16-29-20-14-12-19(24)13-15-20/h5-7,9-10,12-15,21H,3-4,8,11,16-17H2,1-2H3,(H,25,28). The number of benzene rings is 2. The summed E-state index contributed by atoms with van der Waals surface area (Å²) >= 11 is 7.62. The van der Waals surface area contributed by atoms with Gasteiger partial charge < -0.3 is 10.2 Å². The topological polar surface area (TPSA) is 49.4 Å². The van der Waals surface area contributed by atoms with E-state index in [9.17, 15) is 9.59 Å². The summed E-state index contributed by atoms with van der Waals surface area (Å²) in [6, 6.07) is 17.1. The largest absolute Gasteiger partial charge is 0.355 e. The van der Waals surface area contributed by atoms with Gasteiger partial charge in [-0.2, -0.15) is 0 Å². The van der Waals surface area contributed by atoms with Gasteiger partial charge in [-0.1, -0.05) is 48.9 Å². The van der Waals surface area contributed by atoms with Gasteiger partial charge in [0.1, 0.15) is 6.04 Å². The van der Waals surface area contributed by atoms with Crippen LogP contribution in [0.1, 0.15) is 38.7 Å². The molecule has 2 aromatic carbocycles. The molecule has 1 N–H and O–H groups in total. The van der Waals surface area contributed by atoms with Crippen molar-refractivity contribution in [1.29, 1.82) is 0 Å². The summed E-state index contributed by atoms with van der Waals surface area (Å²) in [5.74, 6) is 0.767. The molecule has 0 spiro atoms. The number of halogens is 1. The smallest absolute Gasteiger partial charge is 0.242 e. The highest BCUT2D eigenvalue weighted by Crippen LogP contribution is 2.22. The lowest BCUT2D eigenvalue weighted by atomic mass is 10.1. The molecule has 0 aliphatic carbocycles.